The second-order valence-corrected chi connectivity index (χ2v) is 1.90. The van der Waals surface area contributed by atoms with Crippen molar-refractivity contribution in [1.82, 2.24) is 0 Å². The zero-order valence-electron chi connectivity index (χ0n) is 5.03. The molecule has 2 atom stereocenters. The molecule has 0 aromatic heterocycles. The van der Waals surface area contributed by atoms with E-state index in [4.69, 9.17) is 5.11 Å². The Balaban J connectivity index is 2.35. The molecule has 0 bridgehead atoms. The molecule has 0 radical (unpaired) electrons. The van der Waals surface area contributed by atoms with Crippen molar-refractivity contribution in [3.63, 3.8) is 0 Å². The fourth-order valence-corrected chi connectivity index (χ4v) is 0.672. The van der Waals surface area contributed by atoms with Crippen LogP contribution in [0.2, 0.25) is 0 Å². The molecule has 52 valence electrons. The molecule has 1 saturated heterocycles. The molecule has 1 aliphatic rings. The van der Waals surface area contributed by atoms with Crippen molar-refractivity contribution in [3.8, 4) is 0 Å². The number of carboxylic acids is 1. The minimum atomic E-state index is -0.951. The fraction of sp³-hybridized carbons (Fsp3) is 0.800. The summed E-state index contributed by atoms with van der Waals surface area (Å²) >= 11 is 0. The van der Waals surface area contributed by atoms with Gasteiger partial charge in [0.15, 0.2) is 0 Å². The molecule has 1 rings (SSSR count). The van der Waals surface area contributed by atoms with Gasteiger partial charge < -0.3 is 5.11 Å². The minimum Gasteiger partial charge on any atom is -0.479 e. The van der Waals surface area contributed by atoms with Crippen molar-refractivity contribution in [2.45, 2.75) is 25.6 Å². The fourth-order valence-electron chi connectivity index (χ4n) is 0.672. The van der Waals surface area contributed by atoms with Crippen LogP contribution in [0.25, 0.3) is 0 Å². The molecule has 1 N–H and O–H groups in total. The first-order valence-electron chi connectivity index (χ1n) is 2.80. The van der Waals surface area contributed by atoms with Crippen LogP contribution < -0.4 is 0 Å². The van der Waals surface area contributed by atoms with E-state index < -0.39 is 12.1 Å². The van der Waals surface area contributed by atoms with Crippen LogP contribution in [-0.2, 0) is 14.6 Å². The Morgan fingerprint density at radius 3 is 2.44 bits per heavy atom. The van der Waals surface area contributed by atoms with E-state index in [2.05, 4.69) is 9.78 Å². The smallest absolute Gasteiger partial charge is 0.339 e. The molecule has 1 fully saturated rings. The van der Waals surface area contributed by atoms with Crippen molar-refractivity contribution in [2.24, 2.45) is 0 Å². The van der Waals surface area contributed by atoms with Gasteiger partial charge in [0, 0.05) is 0 Å². The van der Waals surface area contributed by atoms with Gasteiger partial charge in [0.05, 0.1) is 0 Å². The summed E-state index contributed by atoms with van der Waals surface area (Å²) in [5, 5.41) is 8.33. The zero-order valence-corrected chi connectivity index (χ0v) is 5.03. The summed E-state index contributed by atoms with van der Waals surface area (Å²) in [7, 11) is 0. The lowest BCUT2D eigenvalue weighted by atomic mass is 10.1. The largest absolute Gasteiger partial charge is 0.479 e. The quantitative estimate of drug-likeness (QED) is 0.544. The van der Waals surface area contributed by atoms with Gasteiger partial charge in [-0.1, -0.05) is 6.92 Å². The van der Waals surface area contributed by atoms with E-state index >= 15 is 0 Å². The van der Waals surface area contributed by atoms with E-state index in [1.165, 1.54) is 0 Å². The Hall–Kier alpha value is -0.610. The molecule has 4 nitrogen and oxygen atoms in total. The molecule has 1 aliphatic heterocycles. The van der Waals surface area contributed by atoms with Crippen LogP contribution in [0, 0.1) is 0 Å². The number of hydrogen-bond acceptors (Lipinski definition) is 3. The highest BCUT2D eigenvalue weighted by molar-refractivity contribution is 5.73. The van der Waals surface area contributed by atoms with Gasteiger partial charge >= 0.3 is 5.97 Å². The lowest BCUT2D eigenvalue weighted by Gasteiger charge is -2.30. The predicted molar refractivity (Wildman–Crippen MR) is 27.7 cm³/mol. The molecule has 0 aromatic carbocycles. The van der Waals surface area contributed by atoms with Gasteiger partial charge in [0.1, 0.15) is 6.10 Å². The van der Waals surface area contributed by atoms with Crippen molar-refractivity contribution in [3.05, 3.63) is 0 Å². The van der Waals surface area contributed by atoms with Gasteiger partial charge in [-0.05, 0) is 6.42 Å². The molecule has 1 heterocycles. The molecule has 0 aromatic rings. The Labute approximate surface area is 52.3 Å². The highest BCUT2D eigenvalue weighted by Gasteiger charge is 2.39. The van der Waals surface area contributed by atoms with Gasteiger partial charge in [0.2, 0.25) is 6.10 Å². The predicted octanol–water partition coefficient (Wildman–Crippen LogP) is 0.180. The van der Waals surface area contributed by atoms with E-state index in [-0.39, 0.29) is 6.10 Å². The maximum Gasteiger partial charge on any atom is 0.339 e. The Bertz CT molecular complexity index is 120. The Morgan fingerprint density at radius 1 is 1.67 bits per heavy atom. The van der Waals surface area contributed by atoms with Crippen LogP contribution in [0.3, 0.4) is 0 Å². The van der Waals surface area contributed by atoms with Crippen molar-refractivity contribution >= 4 is 5.97 Å². The van der Waals surface area contributed by atoms with Crippen molar-refractivity contribution in [1.29, 1.82) is 0 Å². The van der Waals surface area contributed by atoms with E-state index in [9.17, 15) is 4.79 Å². The molecular weight excluding hydrogens is 124 g/mol. The highest BCUT2D eigenvalue weighted by atomic mass is 17.2. The summed E-state index contributed by atoms with van der Waals surface area (Å²) in [4.78, 5) is 18.9. The summed E-state index contributed by atoms with van der Waals surface area (Å²) in [5.41, 5.74) is 0. The molecule has 0 spiro atoms. The third kappa shape index (κ3) is 1.04. The molecule has 4 heteroatoms. The number of carbonyl (C=O) groups is 1. The van der Waals surface area contributed by atoms with Gasteiger partial charge in [-0.3, -0.25) is 0 Å². The number of aliphatic carboxylic acids is 1. The summed E-state index contributed by atoms with van der Waals surface area (Å²) in [6, 6.07) is 0. The summed E-state index contributed by atoms with van der Waals surface area (Å²) < 4.78 is 0. The van der Waals surface area contributed by atoms with Gasteiger partial charge in [-0.25, -0.2) is 14.6 Å². The lowest BCUT2D eigenvalue weighted by Crippen LogP contribution is -2.47. The molecule has 9 heavy (non-hydrogen) atoms. The lowest BCUT2D eigenvalue weighted by molar-refractivity contribution is -0.453. The summed E-state index contributed by atoms with van der Waals surface area (Å²) in [5.74, 6) is -0.951. The first kappa shape index (κ1) is 6.51. The minimum absolute atomic E-state index is 0.248. The maximum absolute atomic E-state index is 10.1. The molecule has 2 unspecified atom stereocenters. The second-order valence-electron chi connectivity index (χ2n) is 1.90. The van der Waals surface area contributed by atoms with Crippen LogP contribution in [0.4, 0.5) is 0 Å². The van der Waals surface area contributed by atoms with E-state index in [0.29, 0.717) is 6.42 Å². The second kappa shape index (κ2) is 2.33. The molecule has 0 aliphatic carbocycles. The average molecular weight is 132 g/mol. The molecular formula is C5H8O4. The van der Waals surface area contributed by atoms with E-state index in [0.717, 1.165) is 0 Å². The first-order valence-corrected chi connectivity index (χ1v) is 2.80. The third-order valence-corrected chi connectivity index (χ3v) is 1.27. The average Bonchev–Trinajstić information content (AvgIpc) is 1.61. The van der Waals surface area contributed by atoms with Crippen molar-refractivity contribution in [2.75, 3.05) is 0 Å². The third-order valence-electron chi connectivity index (χ3n) is 1.27. The van der Waals surface area contributed by atoms with E-state index in [1.807, 2.05) is 6.92 Å². The van der Waals surface area contributed by atoms with Crippen molar-refractivity contribution < 1.29 is 19.7 Å². The number of hydrogen-bond donors (Lipinski definition) is 1. The normalized spacial score (nSPS) is 33.4. The first-order chi connectivity index (χ1) is 4.25. The van der Waals surface area contributed by atoms with E-state index in [1.54, 1.807) is 0 Å². The number of carboxylic acid groups (broad SMARTS) is 1. The molecule has 0 amide bonds. The van der Waals surface area contributed by atoms with Gasteiger partial charge in [-0.15, -0.1) is 0 Å². The maximum atomic E-state index is 10.1. The highest BCUT2D eigenvalue weighted by Crippen LogP contribution is 2.19. The van der Waals surface area contributed by atoms with Crippen LogP contribution in [0.5, 0.6) is 0 Å². The van der Waals surface area contributed by atoms with Crippen LogP contribution in [0.15, 0.2) is 0 Å². The summed E-state index contributed by atoms with van der Waals surface area (Å²) in [6.07, 6.45) is -0.311. The van der Waals surface area contributed by atoms with Gasteiger partial charge in [-0.2, -0.15) is 0 Å². The van der Waals surface area contributed by atoms with Crippen LogP contribution >= 0.6 is 0 Å². The topological polar surface area (TPSA) is 55.8 Å². The number of rotatable bonds is 2. The SMILES string of the molecule is CCC1OOC1C(=O)O. The summed E-state index contributed by atoms with van der Waals surface area (Å²) in [6.45, 7) is 1.85. The van der Waals surface area contributed by atoms with Crippen LogP contribution in [-0.4, -0.2) is 23.3 Å². The van der Waals surface area contributed by atoms with Crippen LogP contribution in [0.1, 0.15) is 13.3 Å². The monoisotopic (exact) mass is 132 g/mol. The standard InChI is InChI=1S/C5H8O4/c1-2-3-4(5(6)7)9-8-3/h3-4H,2H2,1H3,(H,6,7). The molecule has 0 saturated carbocycles. The zero-order chi connectivity index (χ0) is 6.85. The van der Waals surface area contributed by atoms with Gasteiger partial charge in [0.25, 0.3) is 0 Å². The Morgan fingerprint density at radius 2 is 2.33 bits per heavy atom. The Kier molecular flexibility index (Phi) is 1.68.